The molecule has 1 N–H and O–H groups in total. The number of aromatic nitrogens is 3. The summed E-state index contributed by atoms with van der Waals surface area (Å²) >= 11 is 0. The smallest absolute Gasteiger partial charge is 0.233 e. The third-order valence-electron chi connectivity index (χ3n) is 3.76. The second kappa shape index (κ2) is 6.79. The highest BCUT2D eigenvalue weighted by molar-refractivity contribution is 5.54. The highest BCUT2D eigenvalue weighted by Crippen LogP contribution is 2.20. The third kappa shape index (κ3) is 3.68. The first kappa shape index (κ1) is 15.5. The zero-order valence-electron chi connectivity index (χ0n) is 13.8. The molecule has 3 rings (SSSR count). The van der Waals surface area contributed by atoms with Crippen LogP contribution in [-0.4, -0.2) is 20.5 Å². The van der Waals surface area contributed by atoms with Crippen LogP contribution in [0.25, 0.3) is 5.78 Å². The summed E-state index contributed by atoms with van der Waals surface area (Å²) in [5.41, 5.74) is 4.50. The van der Waals surface area contributed by atoms with E-state index in [-0.39, 0.29) is 6.10 Å². The fraction of sp³-hybridized carbons (Fsp3) is 0.333. The highest BCUT2D eigenvalue weighted by atomic mass is 16.5. The third-order valence-corrected chi connectivity index (χ3v) is 3.76. The molecule has 0 bridgehead atoms. The van der Waals surface area contributed by atoms with E-state index >= 15 is 0 Å². The lowest BCUT2D eigenvalue weighted by Crippen LogP contribution is -2.06. The lowest BCUT2D eigenvalue weighted by molar-refractivity contribution is 0.0654. The SMILES string of the molecule is Cc1c(COC(C)C)cccc1NCc1cn2cccnc2n1. The molecule has 5 nitrogen and oxygen atoms in total. The zero-order valence-corrected chi connectivity index (χ0v) is 13.8. The van der Waals surface area contributed by atoms with E-state index in [4.69, 9.17) is 4.74 Å². The normalized spacial score (nSPS) is 11.3. The van der Waals surface area contributed by atoms with Crippen LogP contribution in [-0.2, 0) is 17.9 Å². The Labute approximate surface area is 136 Å². The number of nitrogens with zero attached hydrogens (tertiary/aromatic N) is 3. The molecule has 0 atom stereocenters. The quantitative estimate of drug-likeness (QED) is 0.756. The Balaban J connectivity index is 1.71. The van der Waals surface area contributed by atoms with Gasteiger partial charge in [-0.1, -0.05) is 12.1 Å². The lowest BCUT2D eigenvalue weighted by Gasteiger charge is -2.14. The molecule has 0 spiro atoms. The van der Waals surface area contributed by atoms with Crippen molar-refractivity contribution in [2.75, 3.05) is 5.32 Å². The molecule has 0 unspecified atom stereocenters. The van der Waals surface area contributed by atoms with Crippen LogP contribution in [0, 0.1) is 6.92 Å². The average molecular weight is 310 g/mol. The molecule has 0 aliphatic carbocycles. The van der Waals surface area contributed by atoms with E-state index in [2.05, 4.69) is 54.3 Å². The van der Waals surface area contributed by atoms with Crippen molar-refractivity contribution in [3.05, 3.63) is 59.7 Å². The van der Waals surface area contributed by atoms with Crippen LogP contribution >= 0.6 is 0 Å². The topological polar surface area (TPSA) is 51.5 Å². The minimum absolute atomic E-state index is 0.233. The molecule has 0 saturated carbocycles. The van der Waals surface area contributed by atoms with Crippen LogP contribution in [0.15, 0.2) is 42.9 Å². The number of ether oxygens (including phenoxy) is 1. The van der Waals surface area contributed by atoms with Gasteiger partial charge in [0, 0.05) is 24.3 Å². The van der Waals surface area contributed by atoms with Crippen molar-refractivity contribution in [1.29, 1.82) is 0 Å². The summed E-state index contributed by atoms with van der Waals surface area (Å²) in [7, 11) is 0. The molecule has 0 saturated heterocycles. The van der Waals surface area contributed by atoms with Gasteiger partial charge in [-0.05, 0) is 44.0 Å². The van der Waals surface area contributed by atoms with E-state index in [0.29, 0.717) is 13.2 Å². The van der Waals surface area contributed by atoms with E-state index in [1.165, 1.54) is 11.1 Å². The summed E-state index contributed by atoms with van der Waals surface area (Å²) in [6, 6.07) is 8.15. The summed E-state index contributed by atoms with van der Waals surface area (Å²) in [4.78, 5) is 8.74. The van der Waals surface area contributed by atoms with E-state index in [1.807, 2.05) is 22.9 Å². The van der Waals surface area contributed by atoms with Crippen LogP contribution in [0.2, 0.25) is 0 Å². The maximum Gasteiger partial charge on any atom is 0.233 e. The Morgan fingerprint density at radius 1 is 1.26 bits per heavy atom. The van der Waals surface area contributed by atoms with Gasteiger partial charge in [-0.15, -0.1) is 0 Å². The average Bonchev–Trinajstić information content (AvgIpc) is 2.95. The molecular weight excluding hydrogens is 288 g/mol. The van der Waals surface area contributed by atoms with Crippen LogP contribution in [0.3, 0.4) is 0 Å². The van der Waals surface area contributed by atoms with Crippen LogP contribution in [0.4, 0.5) is 5.69 Å². The fourth-order valence-electron chi connectivity index (χ4n) is 2.44. The number of imidazole rings is 1. The van der Waals surface area contributed by atoms with Crippen LogP contribution in [0.1, 0.15) is 30.7 Å². The van der Waals surface area contributed by atoms with Gasteiger partial charge in [-0.2, -0.15) is 0 Å². The van der Waals surface area contributed by atoms with E-state index in [9.17, 15) is 0 Å². The first-order valence-corrected chi connectivity index (χ1v) is 7.86. The van der Waals surface area contributed by atoms with Gasteiger partial charge in [-0.3, -0.25) is 4.40 Å². The van der Waals surface area contributed by atoms with Crippen molar-refractivity contribution in [1.82, 2.24) is 14.4 Å². The maximum absolute atomic E-state index is 5.71. The number of hydrogen-bond acceptors (Lipinski definition) is 4. The van der Waals surface area contributed by atoms with Gasteiger partial charge in [0.1, 0.15) is 0 Å². The van der Waals surface area contributed by atoms with Crippen LogP contribution in [0.5, 0.6) is 0 Å². The molecule has 2 aromatic heterocycles. The molecule has 2 heterocycles. The summed E-state index contributed by atoms with van der Waals surface area (Å²) in [6.45, 7) is 7.52. The molecule has 0 amide bonds. The van der Waals surface area contributed by atoms with E-state index in [0.717, 1.165) is 17.2 Å². The van der Waals surface area contributed by atoms with E-state index in [1.54, 1.807) is 6.20 Å². The predicted octanol–water partition coefficient (Wildman–Crippen LogP) is 3.57. The molecule has 120 valence electrons. The maximum atomic E-state index is 5.71. The number of benzene rings is 1. The van der Waals surface area contributed by atoms with E-state index < -0.39 is 0 Å². The molecule has 23 heavy (non-hydrogen) atoms. The molecule has 3 aromatic rings. The van der Waals surface area contributed by atoms with Gasteiger partial charge >= 0.3 is 0 Å². The molecule has 5 heteroatoms. The first-order valence-electron chi connectivity index (χ1n) is 7.86. The number of hydrogen-bond donors (Lipinski definition) is 1. The first-order chi connectivity index (χ1) is 11.1. The number of rotatable bonds is 6. The lowest BCUT2D eigenvalue weighted by atomic mass is 10.1. The van der Waals surface area contributed by atoms with Gasteiger partial charge in [0.25, 0.3) is 0 Å². The number of fused-ring (bicyclic) bond motifs is 1. The van der Waals surface area contributed by atoms with Gasteiger partial charge in [0.2, 0.25) is 5.78 Å². The van der Waals surface area contributed by atoms with Gasteiger partial charge in [-0.25, -0.2) is 9.97 Å². The van der Waals surface area contributed by atoms with Crippen molar-refractivity contribution in [2.45, 2.75) is 40.0 Å². The van der Waals surface area contributed by atoms with Gasteiger partial charge < -0.3 is 10.1 Å². The minimum Gasteiger partial charge on any atom is -0.379 e. The molecule has 0 radical (unpaired) electrons. The number of anilines is 1. The zero-order chi connectivity index (χ0) is 16.2. The molecule has 0 aliphatic heterocycles. The standard InChI is InChI=1S/C18H22N4O/c1-13(2)23-12-15-6-4-7-17(14(15)3)20-10-16-11-22-9-5-8-19-18(22)21-16/h4-9,11,13,20H,10,12H2,1-3H3. The summed E-state index contributed by atoms with van der Waals surface area (Å²) in [5, 5.41) is 3.46. The Bertz CT molecular complexity index is 762. The second-order valence-electron chi connectivity index (χ2n) is 5.86. The molecule has 1 aromatic carbocycles. The summed E-state index contributed by atoms with van der Waals surface area (Å²) in [6.07, 6.45) is 5.93. The summed E-state index contributed by atoms with van der Waals surface area (Å²) < 4.78 is 7.64. The van der Waals surface area contributed by atoms with Crippen molar-refractivity contribution < 1.29 is 4.74 Å². The molecule has 0 aliphatic rings. The summed E-state index contributed by atoms with van der Waals surface area (Å²) in [5.74, 6) is 0.722. The highest BCUT2D eigenvalue weighted by Gasteiger charge is 2.07. The van der Waals surface area contributed by atoms with Crippen molar-refractivity contribution >= 4 is 11.5 Å². The Morgan fingerprint density at radius 3 is 2.91 bits per heavy atom. The largest absolute Gasteiger partial charge is 0.379 e. The van der Waals surface area contributed by atoms with Crippen molar-refractivity contribution in [3.63, 3.8) is 0 Å². The number of nitrogens with one attached hydrogen (secondary N) is 1. The Hall–Kier alpha value is -2.40. The molecular formula is C18H22N4O. The van der Waals surface area contributed by atoms with Crippen molar-refractivity contribution in [3.8, 4) is 0 Å². The van der Waals surface area contributed by atoms with Crippen LogP contribution < -0.4 is 5.32 Å². The molecule has 0 fully saturated rings. The fourth-order valence-corrected chi connectivity index (χ4v) is 2.44. The van der Waals surface area contributed by atoms with Gasteiger partial charge in [0.05, 0.1) is 24.9 Å². The minimum atomic E-state index is 0.233. The Morgan fingerprint density at radius 2 is 2.13 bits per heavy atom. The second-order valence-corrected chi connectivity index (χ2v) is 5.86. The Kier molecular flexibility index (Phi) is 4.57. The van der Waals surface area contributed by atoms with Crippen molar-refractivity contribution in [2.24, 2.45) is 0 Å². The predicted molar refractivity (Wildman–Crippen MR) is 91.4 cm³/mol. The van der Waals surface area contributed by atoms with Gasteiger partial charge in [0.15, 0.2) is 0 Å². The monoisotopic (exact) mass is 310 g/mol.